The highest BCUT2D eigenvalue weighted by Crippen LogP contribution is 2.33. The topological polar surface area (TPSA) is 74.3 Å². The molecular formula is C31H37FN4O2. The third-order valence-electron chi connectivity index (χ3n) is 7.88. The van der Waals surface area contributed by atoms with Crippen LogP contribution in [0, 0.1) is 11.7 Å². The van der Waals surface area contributed by atoms with Gasteiger partial charge in [0.2, 0.25) is 5.91 Å². The van der Waals surface area contributed by atoms with Crippen LogP contribution in [0.15, 0.2) is 48.5 Å². The Morgan fingerprint density at radius 1 is 0.921 bits per heavy atom. The quantitative estimate of drug-likeness (QED) is 0.368. The van der Waals surface area contributed by atoms with E-state index in [1.807, 2.05) is 0 Å². The number of anilines is 1. The zero-order valence-electron chi connectivity index (χ0n) is 22.0. The maximum absolute atomic E-state index is 13.9. The molecule has 38 heavy (non-hydrogen) atoms. The second-order valence-corrected chi connectivity index (χ2v) is 10.5. The molecule has 2 aromatic carbocycles. The third kappa shape index (κ3) is 5.98. The number of nitrogens with one attached hydrogen (secondary N) is 2. The Labute approximate surface area is 224 Å². The number of carbonyl (C=O) groups excluding carboxylic acids is 2. The van der Waals surface area contributed by atoms with Crippen molar-refractivity contribution in [1.29, 1.82) is 0 Å². The van der Waals surface area contributed by atoms with Crippen molar-refractivity contribution in [2.75, 3.05) is 31.5 Å². The fourth-order valence-electron chi connectivity index (χ4n) is 5.72. The van der Waals surface area contributed by atoms with Crippen molar-refractivity contribution in [2.24, 2.45) is 5.92 Å². The van der Waals surface area contributed by atoms with Gasteiger partial charge in [-0.2, -0.15) is 0 Å². The average Bonchev–Trinajstić information content (AvgIpc) is 2.96. The van der Waals surface area contributed by atoms with Gasteiger partial charge >= 0.3 is 0 Å². The lowest BCUT2D eigenvalue weighted by Gasteiger charge is -2.31. The van der Waals surface area contributed by atoms with Crippen molar-refractivity contribution < 1.29 is 14.0 Å². The Morgan fingerprint density at radius 3 is 2.50 bits per heavy atom. The summed E-state index contributed by atoms with van der Waals surface area (Å²) in [6.07, 6.45) is 8.84. The van der Waals surface area contributed by atoms with Gasteiger partial charge in [-0.3, -0.25) is 14.6 Å². The monoisotopic (exact) mass is 516 g/mol. The van der Waals surface area contributed by atoms with E-state index in [0.717, 1.165) is 44.2 Å². The molecule has 2 aliphatic rings. The number of hydrogen-bond donors (Lipinski definition) is 2. The Morgan fingerprint density at radius 2 is 1.66 bits per heavy atom. The molecule has 1 saturated heterocycles. The van der Waals surface area contributed by atoms with Crippen LogP contribution < -0.4 is 10.6 Å². The summed E-state index contributed by atoms with van der Waals surface area (Å²) in [5, 5.41) is 8.00. The van der Waals surface area contributed by atoms with Crippen LogP contribution in [-0.4, -0.2) is 47.9 Å². The van der Waals surface area contributed by atoms with Crippen LogP contribution in [-0.2, 0) is 17.6 Å². The number of pyridine rings is 1. The summed E-state index contributed by atoms with van der Waals surface area (Å²) in [5.41, 5.74) is 5.08. The smallest absolute Gasteiger partial charge is 0.256 e. The molecular weight excluding hydrogens is 479 g/mol. The Balaban J connectivity index is 1.01. The average molecular weight is 517 g/mol. The lowest BCUT2D eigenvalue weighted by Crippen LogP contribution is -2.43. The van der Waals surface area contributed by atoms with Crippen LogP contribution in [0.4, 0.5) is 10.1 Å². The van der Waals surface area contributed by atoms with Gasteiger partial charge in [0.25, 0.3) is 5.91 Å². The summed E-state index contributed by atoms with van der Waals surface area (Å²) in [6.45, 7) is 2.53. The molecule has 2 amide bonds. The van der Waals surface area contributed by atoms with Gasteiger partial charge in [0.05, 0.1) is 11.1 Å². The van der Waals surface area contributed by atoms with Crippen LogP contribution in [0.1, 0.15) is 66.6 Å². The second kappa shape index (κ2) is 12.4. The minimum absolute atomic E-state index is 0.0657. The number of benzene rings is 2. The maximum Gasteiger partial charge on any atom is 0.256 e. The highest BCUT2D eigenvalue weighted by molar-refractivity contribution is 5.95. The predicted molar refractivity (Wildman–Crippen MR) is 149 cm³/mol. The van der Waals surface area contributed by atoms with E-state index in [4.69, 9.17) is 4.98 Å². The predicted octanol–water partition coefficient (Wildman–Crippen LogP) is 5.50. The van der Waals surface area contributed by atoms with Crippen LogP contribution >= 0.6 is 0 Å². The largest absolute Gasteiger partial charge is 0.384 e. The molecule has 2 heterocycles. The van der Waals surface area contributed by atoms with Gasteiger partial charge in [-0.25, -0.2) is 4.39 Å². The molecule has 0 saturated carbocycles. The van der Waals surface area contributed by atoms with Crippen molar-refractivity contribution in [3.8, 4) is 0 Å². The number of aromatic nitrogens is 1. The first kappa shape index (κ1) is 26.1. The van der Waals surface area contributed by atoms with E-state index in [1.165, 1.54) is 47.3 Å². The van der Waals surface area contributed by atoms with E-state index in [2.05, 4.69) is 34.9 Å². The zero-order chi connectivity index (χ0) is 26.3. The number of fused-ring (bicyclic) bond motifs is 2. The minimum Gasteiger partial charge on any atom is -0.384 e. The number of unbranched alkanes of at least 4 members (excludes halogenated alkanes) is 2. The third-order valence-corrected chi connectivity index (χ3v) is 7.88. The zero-order valence-corrected chi connectivity index (χ0v) is 22.0. The molecule has 200 valence electrons. The van der Waals surface area contributed by atoms with E-state index in [1.54, 1.807) is 17.0 Å². The Kier molecular flexibility index (Phi) is 8.51. The molecule has 2 N–H and O–H groups in total. The van der Waals surface area contributed by atoms with Crippen molar-refractivity contribution >= 4 is 28.4 Å². The molecule has 0 radical (unpaired) electrons. The number of para-hydroxylation sites is 1. The number of carbonyl (C=O) groups is 2. The first-order valence-corrected chi connectivity index (χ1v) is 14.1. The summed E-state index contributed by atoms with van der Waals surface area (Å²) in [6, 6.07) is 14.5. The van der Waals surface area contributed by atoms with Gasteiger partial charge in [-0.15, -0.1) is 0 Å². The van der Waals surface area contributed by atoms with E-state index < -0.39 is 5.82 Å². The van der Waals surface area contributed by atoms with Gasteiger partial charge in [-0.05, 0) is 81.5 Å². The van der Waals surface area contributed by atoms with Gasteiger partial charge in [0.15, 0.2) is 0 Å². The number of aryl methyl sites for hydroxylation is 1. The molecule has 1 aliphatic carbocycles. The first-order valence-electron chi connectivity index (χ1n) is 14.1. The molecule has 7 heteroatoms. The normalized spacial score (nSPS) is 15.8. The first-order chi connectivity index (χ1) is 18.6. The van der Waals surface area contributed by atoms with Gasteiger partial charge < -0.3 is 15.5 Å². The molecule has 5 rings (SSSR count). The standard InChI is InChI=1S/C31H37FN4O2/c32-26-13-5-2-10-23(26)31(38)36-20-16-22(17-21-36)30(37)34-19-9-1-8-18-33-29-24-11-3-6-14-27(24)35-28-15-7-4-12-25(28)29/h2-3,5-6,10-11,13-14,22H,1,4,7-9,12,15-21H2,(H,33,35)(H,34,37). The van der Waals surface area contributed by atoms with Crippen LogP contribution in [0.25, 0.3) is 10.9 Å². The number of hydrogen-bond acceptors (Lipinski definition) is 4. The molecule has 0 spiro atoms. The molecule has 0 unspecified atom stereocenters. The van der Waals surface area contributed by atoms with E-state index >= 15 is 0 Å². The summed E-state index contributed by atoms with van der Waals surface area (Å²) in [5.74, 6) is -0.819. The number of likely N-dealkylation sites (tertiary alicyclic amines) is 1. The van der Waals surface area contributed by atoms with Crippen molar-refractivity contribution in [2.45, 2.75) is 57.8 Å². The fourth-order valence-corrected chi connectivity index (χ4v) is 5.72. The van der Waals surface area contributed by atoms with Gasteiger partial charge in [-0.1, -0.05) is 30.3 Å². The van der Waals surface area contributed by atoms with Crippen LogP contribution in [0.5, 0.6) is 0 Å². The molecule has 1 aromatic heterocycles. The molecule has 1 aliphatic heterocycles. The molecule has 0 bridgehead atoms. The summed E-state index contributed by atoms with van der Waals surface area (Å²) >= 11 is 0. The number of halogens is 1. The van der Waals surface area contributed by atoms with E-state index in [0.29, 0.717) is 32.5 Å². The molecule has 0 atom stereocenters. The molecule has 1 fully saturated rings. The summed E-state index contributed by atoms with van der Waals surface area (Å²) < 4.78 is 13.9. The highest BCUT2D eigenvalue weighted by atomic mass is 19.1. The Hall–Kier alpha value is -3.48. The SMILES string of the molecule is O=C(NCCCCCNc1c2c(nc3ccccc13)CCCC2)C1CCN(C(=O)c2ccccc2F)CC1. The Bertz CT molecular complexity index is 1290. The lowest BCUT2D eigenvalue weighted by atomic mass is 9.92. The molecule has 6 nitrogen and oxygen atoms in total. The molecule has 3 aromatic rings. The number of nitrogens with zero attached hydrogens (tertiary/aromatic N) is 2. The van der Waals surface area contributed by atoms with Crippen molar-refractivity contribution in [3.63, 3.8) is 0 Å². The summed E-state index contributed by atoms with van der Waals surface area (Å²) in [7, 11) is 0. The van der Waals surface area contributed by atoms with Gasteiger partial charge in [0.1, 0.15) is 5.82 Å². The fraction of sp³-hybridized carbons (Fsp3) is 0.452. The maximum atomic E-state index is 13.9. The number of piperidine rings is 1. The van der Waals surface area contributed by atoms with E-state index in [9.17, 15) is 14.0 Å². The minimum atomic E-state index is -0.499. The van der Waals surface area contributed by atoms with E-state index in [-0.39, 0.29) is 23.3 Å². The van der Waals surface area contributed by atoms with Crippen molar-refractivity contribution in [3.05, 3.63) is 71.2 Å². The number of rotatable bonds is 9. The summed E-state index contributed by atoms with van der Waals surface area (Å²) in [4.78, 5) is 31.8. The van der Waals surface area contributed by atoms with Crippen molar-refractivity contribution in [1.82, 2.24) is 15.2 Å². The highest BCUT2D eigenvalue weighted by Gasteiger charge is 2.28. The van der Waals surface area contributed by atoms with Crippen LogP contribution in [0.3, 0.4) is 0 Å². The van der Waals surface area contributed by atoms with Crippen LogP contribution in [0.2, 0.25) is 0 Å². The lowest BCUT2D eigenvalue weighted by molar-refractivity contribution is -0.126. The second-order valence-electron chi connectivity index (χ2n) is 10.5. The van der Waals surface area contributed by atoms with Gasteiger partial charge in [0, 0.05) is 48.9 Å². The number of amides is 2.